The lowest BCUT2D eigenvalue weighted by Gasteiger charge is -2.15. The van der Waals surface area contributed by atoms with Gasteiger partial charge in [0.1, 0.15) is 5.75 Å². The van der Waals surface area contributed by atoms with E-state index in [0.717, 1.165) is 47.1 Å². The van der Waals surface area contributed by atoms with Gasteiger partial charge in [0.2, 0.25) is 0 Å². The zero-order chi connectivity index (χ0) is 11.9. The van der Waals surface area contributed by atoms with Gasteiger partial charge in [-0.25, -0.2) is 4.42 Å². The maximum Gasteiger partial charge on any atom is 0.364 e. The molecule has 2 heterocycles. The minimum Gasteiger partial charge on any atom is -0.493 e. The molecule has 0 aliphatic carbocycles. The third kappa shape index (κ3) is 1.46. The van der Waals surface area contributed by atoms with E-state index in [2.05, 4.69) is 18.2 Å². The molecule has 0 spiro atoms. The van der Waals surface area contributed by atoms with Crippen LogP contribution in [0.1, 0.15) is 12.0 Å². The first kappa shape index (κ1) is 9.89. The second kappa shape index (κ2) is 3.70. The third-order valence-electron chi connectivity index (χ3n) is 3.49. The predicted octanol–water partition coefficient (Wildman–Crippen LogP) is 4.19. The summed E-state index contributed by atoms with van der Waals surface area (Å²) >= 11 is 0. The van der Waals surface area contributed by atoms with Crippen LogP contribution < -0.4 is 4.74 Å². The lowest BCUT2D eigenvalue weighted by Crippen LogP contribution is -2.07. The van der Waals surface area contributed by atoms with Crippen molar-refractivity contribution in [2.45, 2.75) is 12.8 Å². The molecule has 4 rings (SSSR count). The highest BCUT2D eigenvalue weighted by atomic mass is 16.5. The summed E-state index contributed by atoms with van der Waals surface area (Å²) in [5.74, 6) is 0.979. The van der Waals surface area contributed by atoms with Crippen LogP contribution in [0.4, 0.5) is 0 Å². The number of hydrogen-bond donors (Lipinski definition) is 0. The summed E-state index contributed by atoms with van der Waals surface area (Å²) in [5.41, 5.74) is 3.11. The molecule has 0 unspecified atom stereocenters. The predicted molar refractivity (Wildman–Crippen MR) is 71.9 cm³/mol. The van der Waals surface area contributed by atoms with E-state index in [1.54, 1.807) is 0 Å². The van der Waals surface area contributed by atoms with E-state index in [1.165, 1.54) is 5.56 Å². The van der Waals surface area contributed by atoms with Gasteiger partial charge in [0.25, 0.3) is 0 Å². The molecule has 0 saturated carbocycles. The van der Waals surface area contributed by atoms with E-state index < -0.39 is 0 Å². The quantitative estimate of drug-likeness (QED) is 0.431. The molecule has 0 atom stereocenters. The number of ether oxygens (including phenoxy) is 1. The van der Waals surface area contributed by atoms with Crippen molar-refractivity contribution in [2.75, 3.05) is 6.61 Å². The number of aryl methyl sites for hydroxylation is 1. The Labute approximate surface area is 105 Å². The molecular formula is C16H13O2+. The summed E-state index contributed by atoms with van der Waals surface area (Å²) in [7, 11) is 0. The number of hydrogen-bond acceptors (Lipinski definition) is 1. The molecule has 1 aliphatic heterocycles. The van der Waals surface area contributed by atoms with Gasteiger partial charge < -0.3 is 4.74 Å². The van der Waals surface area contributed by atoms with E-state index in [4.69, 9.17) is 9.15 Å². The van der Waals surface area contributed by atoms with Crippen LogP contribution in [-0.4, -0.2) is 6.61 Å². The largest absolute Gasteiger partial charge is 0.493 e. The minimum absolute atomic E-state index is 0.812. The highest BCUT2D eigenvalue weighted by molar-refractivity contribution is 5.91. The lowest BCUT2D eigenvalue weighted by atomic mass is 10.0. The highest BCUT2D eigenvalue weighted by Gasteiger charge is 2.18. The SMILES string of the molecule is c1ccc2[o+]c3cc4c(cc3cc2c1)CCCO4. The lowest BCUT2D eigenvalue weighted by molar-refractivity contribution is 0.288. The Balaban J connectivity index is 2.05. The van der Waals surface area contributed by atoms with Crippen molar-refractivity contribution in [1.82, 2.24) is 0 Å². The molecule has 88 valence electrons. The Morgan fingerprint density at radius 2 is 1.89 bits per heavy atom. The first-order valence-electron chi connectivity index (χ1n) is 6.31. The number of para-hydroxylation sites is 1. The van der Waals surface area contributed by atoms with Crippen LogP contribution in [-0.2, 0) is 6.42 Å². The normalized spacial score (nSPS) is 14.4. The molecular weight excluding hydrogens is 224 g/mol. The summed E-state index contributed by atoms with van der Waals surface area (Å²) in [6.07, 6.45) is 2.20. The van der Waals surface area contributed by atoms with Gasteiger partial charge in [-0.1, -0.05) is 12.1 Å². The van der Waals surface area contributed by atoms with Crippen LogP contribution in [0.5, 0.6) is 5.75 Å². The topological polar surface area (TPSA) is 20.5 Å². The van der Waals surface area contributed by atoms with Crippen molar-refractivity contribution >= 4 is 21.9 Å². The molecule has 0 amide bonds. The number of fused-ring (bicyclic) bond motifs is 3. The van der Waals surface area contributed by atoms with Gasteiger partial charge in [-0.2, -0.15) is 0 Å². The highest BCUT2D eigenvalue weighted by Crippen LogP contribution is 2.32. The van der Waals surface area contributed by atoms with Crippen molar-refractivity contribution in [1.29, 1.82) is 0 Å². The molecule has 2 heteroatoms. The van der Waals surface area contributed by atoms with E-state index in [-0.39, 0.29) is 0 Å². The zero-order valence-electron chi connectivity index (χ0n) is 9.98. The molecule has 18 heavy (non-hydrogen) atoms. The molecule has 1 aliphatic rings. The van der Waals surface area contributed by atoms with Gasteiger partial charge in [0, 0.05) is 6.07 Å². The molecule has 0 N–H and O–H groups in total. The summed E-state index contributed by atoms with van der Waals surface area (Å²) in [6.45, 7) is 0.812. The van der Waals surface area contributed by atoms with Gasteiger partial charge in [-0.15, -0.1) is 0 Å². The summed E-state index contributed by atoms with van der Waals surface area (Å²) in [5, 5.41) is 2.29. The fourth-order valence-corrected chi connectivity index (χ4v) is 2.58. The Bertz CT molecular complexity index is 683. The third-order valence-corrected chi connectivity index (χ3v) is 3.49. The summed E-state index contributed by atoms with van der Waals surface area (Å²) in [4.78, 5) is 0. The van der Waals surface area contributed by atoms with Crippen molar-refractivity contribution in [2.24, 2.45) is 0 Å². The maximum atomic E-state index is 5.93. The molecule has 0 saturated heterocycles. The van der Waals surface area contributed by atoms with E-state index >= 15 is 0 Å². The summed E-state index contributed by atoms with van der Waals surface area (Å²) < 4.78 is 11.6. The van der Waals surface area contributed by atoms with E-state index in [0.29, 0.717) is 0 Å². The van der Waals surface area contributed by atoms with Crippen LogP contribution in [0.3, 0.4) is 0 Å². The van der Waals surface area contributed by atoms with Crippen molar-refractivity contribution < 1.29 is 9.15 Å². The summed E-state index contributed by atoms with van der Waals surface area (Å²) in [6, 6.07) is 14.5. The molecule has 2 nitrogen and oxygen atoms in total. The minimum atomic E-state index is 0.812. The smallest absolute Gasteiger partial charge is 0.364 e. The molecule has 1 aromatic heterocycles. The Hall–Kier alpha value is -2.09. The molecule has 0 bridgehead atoms. The Morgan fingerprint density at radius 3 is 2.89 bits per heavy atom. The van der Waals surface area contributed by atoms with Crippen molar-refractivity contribution in [3.8, 4) is 5.75 Å². The van der Waals surface area contributed by atoms with Gasteiger partial charge in [-0.3, -0.25) is 0 Å². The average molecular weight is 237 g/mol. The molecule has 0 radical (unpaired) electrons. The van der Waals surface area contributed by atoms with Crippen LogP contribution >= 0.6 is 0 Å². The molecule has 0 fully saturated rings. The first-order chi connectivity index (χ1) is 8.90. The van der Waals surface area contributed by atoms with Crippen LogP contribution in [0, 0.1) is 0 Å². The second-order valence-electron chi connectivity index (χ2n) is 4.73. The van der Waals surface area contributed by atoms with Gasteiger partial charge in [-0.05, 0) is 36.6 Å². The van der Waals surface area contributed by atoms with Crippen molar-refractivity contribution in [3.05, 3.63) is 48.0 Å². The van der Waals surface area contributed by atoms with Crippen LogP contribution in [0.2, 0.25) is 0 Å². The first-order valence-corrected chi connectivity index (χ1v) is 6.31. The van der Waals surface area contributed by atoms with Crippen molar-refractivity contribution in [3.63, 3.8) is 0 Å². The fourth-order valence-electron chi connectivity index (χ4n) is 2.58. The Kier molecular flexibility index (Phi) is 2.04. The van der Waals surface area contributed by atoms with Gasteiger partial charge in [0.05, 0.1) is 23.4 Å². The van der Waals surface area contributed by atoms with E-state index in [1.807, 2.05) is 24.3 Å². The molecule has 3 aromatic rings. The van der Waals surface area contributed by atoms with E-state index in [9.17, 15) is 0 Å². The number of benzene rings is 2. The van der Waals surface area contributed by atoms with Crippen LogP contribution in [0.15, 0.2) is 46.9 Å². The van der Waals surface area contributed by atoms with Gasteiger partial charge >= 0.3 is 11.2 Å². The average Bonchev–Trinajstić information content (AvgIpc) is 2.42. The van der Waals surface area contributed by atoms with Crippen LogP contribution in [0.25, 0.3) is 21.9 Å². The number of rotatable bonds is 0. The standard InChI is InChI=1S/C16H13O2/c1-2-6-14-11(4-1)8-13-9-12-5-3-7-17-15(12)10-16(13)18-14/h1-2,4,6,8-10H,3,5,7H2/q+1. The maximum absolute atomic E-state index is 5.93. The second-order valence-corrected chi connectivity index (χ2v) is 4.73. The fraction of sp³-hybridized carbons (Fsp3) is 0.188. The monoisotopic (exact) mass is 237 g/mol. The Morgan fingerprint density at radius 1 is 0.944 bits per heavy atom. The molecule has 2 aromatic carbocycles. The van der Waals surface area contributed by atoms with Gasteiger partial charge in [0.15, 0.2) is 0 Å². The zero-order valence-corrected chi connectivity index (χ0v) is 9.98.